The summed E-state index contributed by atoms with van der Waals surface area (Å²) in [5.41, 5.74) is 11.5. The summed E-state index contributed by atoms with van der Waals surface area (Å²) in [6.45, 7) is 0. The third-order valence-electron chi connectivity index (χ3n) is 8.41. The van der Waals surface area contributed by atoms with Gasteiger partial charge in [0.1, 0.15) is 16.7 Å². The Bertz CT molecular complexity index is 2480. The van der Waals surface area contributed by atoms with Gasteiger partial charge in [-0.2, -0.15) is 0 Å². The van der Waals surface area contributed by atoms with Gasteiger partial charge in [0, 0.05) is 38.5 Å². The van der Waals surface area contributed by atoms with Crippen molar-refractivity contribution in [3.8, 4) is 39.3 Å². The van der Waals surface area contributed by atoms with Crippen LogP contribution in [0.25, 0.3) is 83.3 Å². The van der Waals surface area contributed by atoms with Gasteiger partial charge in [0.25, 0.3) is 0 Å². The van der Waals surface area contributed by atoms with Crippen LogP contribution >= 0.6 is 0 Å². The first-order chi connectivity index (χ1) is 21.8. The molecule has 9 rings (SSSR count). The van der Waals surface area contributed by atoms with Crippen LogP contribution in [0.1, 0.15) is 0 Å². The molecule has 0 unspecified atom stereocenters. The number of furan rings is 1. The molecule has 0 saturated carbocycles. The van der Waals surface area contributed by atoms with Gasteiger partial charge in [-0.15, -0.1) is 0 Å². The molecule has 0 spiro atoms. The normalized spacial score (nSPS) is 11.6. The molecule has 0 amide bonds. The molecule has 4 heteroatoms. The van der Waals surface area contributed by atoms with Crippen LogP contribution in [0.2, 0.25) is 0 Å². The van der Waals surface area contributed by atoms with E-state index in [0.717, 1.165) is 83.3 Å². The van der Waals surface area contributed by atoms with Crippen molar-refractivity contribution in [1.82, 2.24) is 14.5 Å². The lowest BCUT2D eigenvalue weighted by molar-refractivity contribution is 0.670. The lowest BCUT2D eigenvalue weighted by Crippen LogP contribution is -1.99. The third kappa shape index (κ3) is 3.78. The second-order valence-electron chi connectivity index (χ2n) is 11.0. The number of para-hydroxylation sites is 3. The van der Waals surface area contributed by atoms with Crippen molar-refractivity contribution < 1.29 is 4.42 Å². The van der Waals surface area contributed by atoms with Gasteiger partial charge in [-0.05, 0) is 35.9 Å². The van der Waals surface area contributed by atoms with Crippen LogP contribution in [0.5, 0.6) is 0 Å². The van der Waals surface area contributed by atoms with Crippen molar-refractivity contribution >= 4 is 44.0 Å². The molecular formula is C40H25N3O. The highest BCUT2D eigenvalue weighted by atomic mass is 16.3. The Labute approximate surface area is 253 Å². The minimum Gasteiger partial charge on any atom is -0.455 e. The summed E-state index contributed by atoms with van der Waals surface area (Å²) in [5, 5.41) is 3.28. The number of nitrogens with zero attached hydrogens (tertiary/aromatic N) is 3. The van der Waals surface area contributed by atoms with Crippen LogP contribution in [0.3, 0.4) is 0 Å². The van der Waals surface area contributed by atoms with Gasteiger partial charge in [-0.3, -0.25) is 4.57 Å². The van der Waals surface area contributed by atoms with Gasteiger partial charge >= 0.3 is 0 Å². The molecule has 0 N–H and O–H groups in total. The molecule has 44 heavy (non-hydrogen) atoms. The van der Waals surface area contributed by atoms with Crippen LogP contribution in [0.4, 0.5) is 0 Å². The van der Waals surface area contributed by atoms with E-state index in [9.17, 15) is 0 Å². The largest absolute Gasteiger partial charge is 0.455 e. The van der Waals surface area contributed by atoms with Gasteiger partial charge in [0.2, 0.25) is 0 Å². The molecule has 3 aromatic heterocycles. The lowest BCUT2D eigenvalue weighted by Gasteiger charge is -2.11. The average molecular weight is 564 g/mol. The van der Waals surface area contributed by atoms with Gasteiger partial charge in [0.15, 0.2) is 5.65 Å². The number of fused-ring (bicyclic) bond motifs is 6. The number of rotatable bonds is 4. The van der Waals surface area contributed by atoms with E-state index in [1.165, 1.54) is 0 Å². The summed E-state index contributed by atoms with van der Waals surface area (Å²) in [7, 11) is 0. The summed E-state index contributed by atoms with van der Waals surface area (Å²) in [4.78, 5) is 10.8. The minimum absolute atomic E-state index is 0.823. The Hall–Kier alpha value is -6.00. The molecule has 3 heterocycles. The highest BCUT2D eigenvalue weighted by molar-refractivity contribution is 6.12. The molecule has 6 aromatic carbocycles. The van der Waals surface area contributed by atoms with E-state index in [0.29, 0.717) is 0 Å². The average Bonchev–Trinajstić information content (AvgIpc) is 3.64. The second kappa shape index (κ2) is 9.79. The zero-order chi connectivity index (χ0) is 29.0. The first-order valence-corrected chi connectivity index (χ1v) is 14.8. The Morgan fingerprint density at radius 2 is 1.11 bits per heavy atom. The zero-order valence-corrected chi connectivity index (χ0v) is 23.7. The summed E-state index contributed by atoms with van der Waals surface area (Å²) in [6, 6.07) is 52.3. The molecule has 0 aliphatic carbocycles. The molecule has 0 aliphatic heterocycles. The van der Waals surface area contributed by atoms with Crippen molar-refractivity contribution in [2.24, 2.45) is 0 Å². The third-order valence-corrected chi connectivity index (χ3v) is 8.41. The maximum Gasteiger partial charge on any atom is 0.165 e. The van der Waals surface area contributed by atoms with E-state index in [1.54, 1.807) is 0 Å². The number of hydrogen-bond donors (Lipinski definition) is 0. The van der Waals surface area contributed by atoms with Gasteiger partial charge in [0.05, 0.1) is 16.9 Å². The minimum atomic E-state index is 0.823. The van der Waals surface area contributed by atoms with Crippen molar-refractivity contribution in [2.45, 2.75) is 0 Å². The number of aromatic nitrogens is 3. The molecule has 0 atom stereocenters. The summed E-state index contributed by atoms with van der Waals surface area (Å²) >= 11 is 0. The monoisotopic (exact) mass is 563 g/mol. The summed E-state index contributed by atoms with van der Waals surface area (Å²) in [5.74, 6) is 0. The standard InChI is InChI=1S/C40H25N3O/c1-4-13-26(14-5-1)36-37(27-15-6-2-7-16-27)42-40-38(41-36)33-25-28(23-24-34(33)43(40)29-17-8-3-9-18-29)30-20-12-21-32-31-19-10-11-22-35(31)44-39(30)32/h1-25H. The predicted octanol–water partition coefficient (Wildman–Crippen LogP) is 10.5. The van der Waals surface area contributed by atoms with Crippen LogP contribution < -0.4 is 0 Å². The molecular weight excluding hydrogens is 538 g/mol. The molecule has 0 saturated heterocycles. The first kappa shape index (κ1) is 24.6. The van der Waals surface area contributed by atoms with Crippen molar-refractivity contribution in [2.75, 3.05) is 0 Å². The molecule has 0 radical (unpaired) electrons. The molecule has 9 aromatic rings. The Balaban J connectivity index is 1.38. The molecule has 206 valence electrons. The summed E-state index contributed by atoms with van der Waals surface area (Å²) in [6.07, 6.45) is 0. The fourth-order valence-electron chi connectivity index (χ4n) is 6.37. The SMILES string of the molecule is c1ccc(-c2nc3c4cc(-c5cccc6c5oc5ccccc56)ccc4n(-c4ccccc4)c3nc2-c2ccccc2)cc1. The highest BCUT2D eigenvalue weighted by Gasteiger charge is 2.21. The van der Waals surface area contributed by atoms with Crippen LogP contribution in [0.15, 0.2) is 156 Å². The fraction of sp³-hybridized carbons (Fsp3) is 0. The van der Waals surface area contributed by atoms with Gasteiger partial charge in [-0.1, -0.05) is 121 Å². The van der Waals surface area contributed by atoms with Crippen molar-refractivity contribution in [3.63, 3.8) is 0 Å². The Morgan fingerprint density at radius 3 is 1.86 bits per heavy atom. The van der Waals surface area contributed by atoms with E-state index >= 15 is 0 Å². The second-order valence-corrected chi connectivity index (χ2v) is 11.0. The first-order valence-electron chi connectivity index (χ1n) is 14.8. The fourth-order valence-corrected chi connectivity index (χ4v) is 6.37. The van der Waals surface area contributed by atoms with E-state index in [4.69, 9.17) is 14.4 Å². The van der Waals surface area contributed by atoms with Crippen molar-refractivity contribution in [1.29, 1.82) is 0 Å². The molecule has 0 bridgehead atoms. The van der Waals surface area contributed by atoms with Crippen LogP contribution in [0, 0.1) is 0 Å². The molecule has 0 fully saturated rings. The number of hydrogen-bond acceptors (Lipinski definition) is 3. The van der Waals surface area contributed by atoms with Gasteiger partial charge in [-0.25, -0.2) is 9.97 Å². The van der Waals surface area contributed by atoms with Gasteiger partial charge < -0.3 is 4.42 Å². The zero-order valence-electron chi connectivity index (χ0n) is 23.7. The Morgan fingerprint density at radius 1 is 0.477 bits per heavy atom. The van der Waals surface area contributed by atoms with Crippen LogP contribution in [-0.4, -0.2) is 14.5 Å². The maximum absolute atomic E-state index is 6.42. The Kier molecular flexibility index (Phi) is 5.47. The van der Waals surface area contributed by atoms with E-state index < -0.39 is 0 Å². The summed E-state index contributed by atoms with van der Waals surface area (Å²) < 4.78 is 8.65. The van der Waals surface area contributed by atoms with Crippen LogP contribution in [-0.2, 0) is 0 Å². The van der Waals surface area contributed by atoms with E-state index in [1.807, 2.05) is 42.5 Å². The topological polar surface area (TPSA) is 43.9 Å². The quantitative estimate of drug-likeness (QED) is 0.214. The lowest BCUT2D eigenvalue weighted by atomic mass is 10.0. The van der Waals surface area contributed by atoms with Crippen molar-refractivity contribution in [3.05, 3.63) is 152 Å². The van der Waals surface area contributed by atoms with E-state index in [-0.39, 0.29) is 0 Å². The van der Waals surface area contributed by atoms with E-state index in [2.05, 4.69) is 114 Å². The highest BCUT2D eigenvalue weighted by Crippen LogP contribution is 2.40. The molecule has 0 aliphatic rings. The number of benzene rings is 6. The smallest absolute Gasteiger partial charge is 0.165 e. The predicted molar refractivity (Wildman–Crippen MR) is 180 cm³/mol. The maximum atomic E-state index is 6.42. The molecule has 4 nitrogen and oxygen atoms in total.